The van der Waals surface area contributed by atoms with E-state index in [-0.39, 0.29) is 11.1 Å². The molecule has 2 rings (SSSR count). The van der Waals surface area contributed by atoms with Gasteiger partial charge >= 0.3 is 5.97 Å². The third kappa shape index (κ3) is 3.18. The lowest BCUT2D eigenvalue weighted by Crippen LogP contribution is -2.11. The van der Waals surface area contributed by atoms with E-state index in [1.54, 1.807) is 13.0 Å². The van der Waals surface area contributed by atoms with Crippen LogP contribution in [0.5, 0.6) is 0 Å². The highest BCUT2D eigenvalue weighted by atomic mass is 19.2. The lowest BCUT2D eigenvalue weighted by atomic mass is 10.1. The zero-order valence-electron chi connectivity index (χ0n) is 11.7. The molecule has 0 saturated carbocycles. The molecule has 21 heavy (non-hydrogen) atoms. The molecule has 2 N–H and O–H groups in total. The van der Waals surface area contributed by atoms with Crippen molar-refractivity contribution in [2.45, 2.75) is 19.9 Å². The lowest BCUT2D eigenvalue weighted by molar-refractivity contribution is 0.0697. The summed E-state index contributed by atoms with van der Waals surface area (Å²) in [6, 6.07) is 8.13. The Bertz CT molecular complexity index is 686. The van der Waals surface area contributed by atoms with E-state index in [1.807, 2.05) is 6.92 Å². The summed E-state index contributed by atoms with van der Waals surface area (Å²) in [5.41, 5.74) is 1.72. The summed E-state index contributed by atoms with van der Waals surface area (Å²) >= 11 is 0. The largest absolute Gasteiger partial charge is 0.478 e. The van der Waals surface area contributed by atoms with Gasteiger partial charge in [-0.1, -0.05) is 18.2 Å². The molecule has 0 radical (unpaired) electrons. The molecule has 1 atom stereocenters. The quantitative estimate of drug-likeness (QED) is 0.890. The number of halogens is 2. The van der Waals surface area contributed by atoms with E-state index >= 15 is 0 Å². The van der Waals surface area contributed by atoms with E-state index in [9.17, 15) is 13.6 Å². The van der Waals surface area contributed by atoms with E-state index in [2.05, 4.69) is 5.32 Å². The van der Waals surface area contributed by atoms with Gasteiger partial charge in [0.05, 0.1) is 11.6 Å². The van der Waals surface area contributed by atoms with Gasteiger partial charge in [-0.3, -0.25) is 0 Å². The highest BCUT2D eigenvalue weighted by Crippen LogP contribution is 2.25. The summed E-state index contributed by atoms with van der Waals surface area (Å²) < 4.78 is 27.0. The number of aromatic carboxylic acids is 1. The Morgan fingerprint density at radius 2 is 1.95 bits per heavy atom. The fourth-order valence-electron chi connectivity index (χ4n) is 2.08. The molecule has 110 valence electrons. The smallest absolute Gasteiger partial charge is 0.335 e. The topological polar surface area (TPSA) is 49.3 Å². The predicted octanol–water partition coefficient (Wildman–Crippen LogP) is 4.14. The van der Waals surface area contributed by atoms with Gasteiger partial charge in [0.15, 0.2) is 11.6 Å². The molecule has 0 fully saturated rings. The average molecular weight is 291 g/mol. The number of anilines is 1. The van der Waals surface area contributed by atoms with E-state index in [4.69, 9.17) is 5.11 Å². The number of aryl methyl sites for hydroxylation is 1. The van der Waals surface area contributed by atoms with Crippen LogP contribution < -0.4 is 5.32 Å². The van der Waals surface area contributed by atoms with Crippen molar-refractivity contribution in [1.82, 2.24) is 0 Å². The van der Waals surface area contributed by atoms with Crippen LogP contribution in [0, 0.1) is 18.6 Å². The predicted molar refractivity (Wildman–Crippen MR) is 76.5 cm³/mol. The van der Waals surface area contributed by atoms with Crippen LogP contribution in [-0.4, -0.2) is 11.1 Å². The van der Waals surface area contributed by atoms with E-state index in [0.717, 1.165) is 11.6 Å². The Morgan fingerprint density at radius 1 is 1.24 bits per heavy atom. The molecule has 1 unspecified atom stereocenters. The maximum absolute atomic E-state index is 13.8. The molecule has 0 aliphatic rings. The number of nitrogens with one attached hydrogen (secondary N) is 1. The average Bonchev–Trinajstić information content (AvgIpc) is 2.43. The minimum absolute atomic E-state index is 0.134. The summed E-state index contributed by atoms with van der Waals surface area (Å²) in [6.07, 6.45) is 0. The molecule has 0 amide bonds. The first-order chi connectivity index (χ1) is 9.90. The van der Waals surface area contributed by atoms with E-state index in [1.165, 1.54) is 24.3 Å². The first-order valence-electron chi connectivity index (χ1n) is 6.44. The molecule has 2 aromatic carbocycles. The summed E-state index contributed by atoms with van der Waals surface area (Å²) in [6.45, 7) is 3.49. The summed E-state index contributed by atoms with van der Waals surface area (Å²) in [5, 5.41) is 12.0. The first kappa shape index (κ1) is 15.0. The lowest BCUT2D eigenvalue weighted by Gasteiger charge is -2.18. The fraction of sp³-hybridized carbons (Fsp3) is 0.188. The molecular formula is C16H15F2NO2. The number of carboxylic acid groups (broad SMARTS) is 1. The van der Waals surface area contributed by atoms with Crippen molar-refractivity contribution in [3.63, 3.8) is 0 Å². The van der Waals surface area contributed by atoms with Crippen LogP contribution in [-0.2, 0) is 0 Å². The molecule has 0 aliphatic carbocycles. The van der Waals surface area contributed by atoms with Crippen LogP contribution in [0.25, 0.3) is 0 Å². The molecule has 0 saturated heterocycles. The second-order valence-electron chi connectivity index (χ2n) is 4.84. The summed E-state index contributed by atoms with van der Waals surface area (Å²) in [5.74, 6) is -2.84. The van der Waals surface area contributed by atoms with Crippen molar-refractivity contribution in [2.75, 3.05) is 5.32 Å². The van der Waals surface area contributed by atoms with Crippen molar-refractivity contribution >= 4 is 11.7 Å². The Hall–Kier alpha value is -2.43. The molecule has 5 heteroatoms. The molecule has 0 aliphatic heterocycles. The number of benzene rings is 2. The maximum Gasteiger partial charge on any atom is 0.335 e. The maximum atomic E-state index is 13.8. The monoisotopic (exact) mass is 291 g/mol. The van der Waals surface area contributed by atoms with Crippen molar-refractivity contribution < 1.29 is 18.7 Å². The number of hydrogen-bond donors (Lipinski definition) is 2. The Labute approximate surface area is 121 Å². The van der Waals surface area contributed by atoms with E-state index in [0.29, 0.717) is 5.69 Å². The van der Waals surface area contributed by atoms with Gasteiger partial charge in [0, 0.05) is 11.3 Å². The van der Waals surface area contributed by atoms with Crippen LogP contribution in [0.4, 0.5) is 14.5 Å². The molecule has 0 heterocycles. The second kappa shape index (κ2) is 5.91. The molecule has 3 nitrogen and oxygen atoms in total. The van der Waals surface area contributed by atoms with Gasteiger partial charge in [0.2, 0.25) is 0 Å². The van der Waals surface area contributed by atoms with Gasteiger partial charge in [0.1, 0.15) is 0 Å². The number of carboxylic acids is 1. The standard InChI is InChI=1S/C16H15F2NO2/c1-9-6-7-11(16(20)21)8-14(9)19-10(2)12-4-3-5-13(17)15(12)18/h3-8,10,19H,1-2H3,(H,20,21). The van der Waals surface area contributed by atoms with Crippen molar-refractivity contribution in [3.8, 4) is 0 Å². The van der Waals surface area contributed by atoms with Gasteiger partial charge < -0.3 is 10.4 Å². The Kier molecular flexibility index (Phi) is 4.21. The van der Waals surface area contributed by atoms with Crippen molar-refractivity contribution in [2.24, 2.45) is 0 Å². The number of carbonyl (C=O) groups is 1. The van der Waals surface area contributed by atoms with Crippen LogP contribution >= 0.6 is 0 Å². The molecule has 0 spiro atoms. The Balaban J connectivity index is 2.31. The number of hydrogen-bond acceptors (Lipinski definition) is 2. The highest BCUT2D eigenvalue weighted by Gasteiger charge is 2.15. The second-order valence-corrected chi connectivity index (χ2v) is 4.84. The van der Waals surface area contributed by atoms with Crippen LogP contribution in [0.2, 0.25) is 0 Å². The molecule has 0 aromatic heterocycles. The molecular weight excluding hydrogens is 276 g/mol. The van der Waals surface area contributed by atoms with Gasteiger partial charge in [-0.15, -0.1) is 0 Å². The summed E-state index contributed by atoms with van der Waals surface area (Å²) in [7, 11) is 0. The van der Waals surface area contributed by atoms with Crippen molar-refractivity contribution in [3.05, 3.63) is 64.7 Å². The summed E-state index contributed by atoms with van der Waals surface area (Å²) in [4.78, 5) is 11.0. The van der Waals surface area contributed by atoms with Crippen LogP contribution in [0.1, 0.15) is 34.5 Å². The highest BCUT2D eigenvalue weighted by molar-refractivity contribution is 5.89. The van der Waals surface area contributed by atoms with Crippen LogP contribution in [0.15, 0.2) is 36.4 Å². The zero-order valence-corrected chi connectivity index (χ0v) is 11.7. The molecule has 0 bridgehead atoms. The Morgan fingerprint density at radius 3 is 2.62 bits per heavy atom. The third-order valence-electron chi connectivity index (χ3n) is 3.30. The minimum atomic E-state index is -1.04. The fourth-order valence-corrected chi connectivity index (χ4v) is 2.08. The first-order valence-corrected chi connectivity index (χ1v) is 6.44. The number of rotatable bonds is 4. The van der Waals surface area contributed by atoms with E-state index < -0.39 is 23.6 Å². The zero-order chi connectivity index (χ0) is 15.6. The van der Waals surface area contributed by atoms with Crippen molar-refractivity contribution in [1.29, 1.82) is 0 Å². The molecule has 2 aromatic rings. The van der Waals surface area contributed by atoms with Crippen LogP contribution in [0.3, 0.4) is 0 Å². The van der Waals surface area contributed by atoms with Gasteiger partial charge in [-0.05, 0) is 37.6 Å². The van der Waals surface area contributed by atoms with Gasteiger partial charge in [-0.2, -0.15) is 0 Å². The third-order valence-corrected chi connectivity index (χ3v) is 3.30. The minimum Gasteiger partial charge on any atom is -0.478 e. The van der Waals surface area contributed by atoms with Gasteiger partial charge in [0.25, 0.3) is 0 Å². The van der Waals surface area contributed by atoms with Gasteiger partial charge in [-0.25, -0.2) is 13.6 Å². The normalized spacial score (nSPS) is 12.0. The SMILES string of the molecule is Cc1ccc(C(=O)O)cc1NC(C)c1cccc(F)c1F.